The lowest BCUT2D eigenvalue weighted by atomic mass is 9.58. The SMILES string of the molecule is COCCOCCOCCOCCOCC(COCCOCCOCCOCCOC)(COCCOCCOCCOCCOC)COC1OC2OC3(C)CCC4C(C)CCC(C1C)C24OO3. The highest BCUT2D eigenvalue weighted by atomic mass is 17.3. The molecule has 2 bridgehead atoms. The van der Waals surface area contributed by atoms with Gasteiger partial charge in [0.2, 0.25) is 5.79 Å². The van der Waals surface area contributed by atoms with E-state index in [1.807, 2.05) is 6.92 Å². The summed E-state index contributed by atoms with van der Waals surface area (Å²) in [6, 6.07) is 0. The molecule has 67 heavy (non-hydrogen) atoms. The number of hydrogen-bond acceptors (Lipinski definition) is 20. The molecule has 5 aliphatic rings. The van der Waals surface area contributed by atoms with Crippen LogP contribution in [0.1, 0.15) is 46.5 Å². The first kappa shape index (κ1) is 58.8. The zero-order valence-electron chi connectivity index (χ0n) is 41.8. The minimum absolute atomic E-state index is 0.0195. The van der Waals surface area contributed by atoms with Gasteiger partial charge in [0.25, 0.3) is 0 Å². The third kappa shape index (κ3) is 21.4. The lowest BCUT2D eigenvalue weighted by Gasteiger charge is -2.60. The first-order valence-electron chi connectivity index (χ1n) is 24.5. The molecule has 1 saturated carbocycles. The topological polar surface area (TPSA) is 185 Å². The van der Waals surface area contributed by atoms with Gasteiger partial charge in [-0.15, -0.1) is 0 Å². The summed E-state index contributed by atoms with van der Waals surface area (Å²) in [6.07, 6.45) is 2.50. The van der Waals surface area contributed by atoms with Crippen LogP contribution in [0.25, 0.3) is 0 Å². The predicted molar refractivity (Wildman–Crippen MR) is 241 cm³/mol. The number of methoxy groups -OCH3 is 3. The van der Waals surface area contributed by atoms with Crippen molar-refractivity contribution in [2.75, 3.05) is 206 Å². The number of hydrogen-bond donors (Lipinski definition) is 0. The monoisotopic (exact) mass is 973 g/mol. The van der Waals surface area contributed by atoms with E-state index in [0.717, 1.165) is 25.7 Å². The second-order valence-corrected chi connectivity index (χ2v) is 17.7. The van der Waals surface area contributed by atoms with Gasteiger partial charge in [0.05, 0.1) is 190 Å². The van der Waals surface area contributed by atoms with Crippen molar-refractivity contribution in [3.05, 3.63) is 0 Å². The van der Waals surface area contributed by atoms with E-state index in [1.165, 1.54) is 0 Å². The Kier molecular flexibility index (Phi) is 31.0. The fraction of sp³-hybridized carbons (Fsp3) is 1.00. The average Bonchev–Trinajstić information content (AvgIpc) is 3.56. The Morgan fingerprint density at radius 2 is 0.806 bits per heavy atom. The molecule has 5 fully saturated rings. The quantitative estimate of drug-likeness (QED) is 0.0639. The summed E-state index contributed by atoms with van der Waals surface area (Å²) < 4.78 is 105. The van der Waals surface area contributed by atoms with E-state index < -0.39 is 29.4 Å². The summed E-state index contributed by atoms with van der Waals surface area (Å²) in [6.45, 7) is 18.4. The maximum atomic E-state index is 6.86. The normalized spacial score (nSPS) is 27.1. The summed E-state index contributed by atoms with van der Waals surface area (Å²) in [7, 11) is 4.94. The van der Waals surface area contributed by atoms with Crippen LogP contribution >= 0.6 is 0 Å². The third-order valence-electron chi connectivity index (χ3n) is 12.5. The van der Waals surface area contributed by atoms with Crippen molar-refractivity contribution < 1.29 is 95.0 Å². The Morgan fingerprint density at radius 3 is 1.19 bits per heavy atom. The van der Waals surface area contributed by atoms with Crippen LogP contribution in [0.3, 0.4) is 0 Å². The lowest BCUT2D eigenvalue weighted by Crippen LogP contribution is -2.70. The number of fused-ring (bicyclic) bond motifs is 2. The molecule has 1 spiro atoms. The Labute approximate surface area is 400 Å². The van der Waals surface area contributed by atoms with Gasteiger partial charge < -0.3 is 85.3 Å². The lowest BCUT2D eigenvalue weighted by molar-refractivity contribution is -0.577. The molecule has 1 aliphatic carbocycles. The molecule has 0 amide bonds. The van der Waals surface area contributed by atoms with Crippen molar-refractivity contribution in [1.82, 2.24) is 0 Å². The summed E-state index contributed by atoms with van der Waals surface area (Å²) in [5.74, 6) is -0.112. The van der Waals surface area contributed by atoms with Gasteiger partial charge in [-0.3, -0.25) is 0 Å². The van der Waals surface area contributed by atoms with E-state index in [0.29, 0.717) is 164 Å². The minimum Gasteiger partial charge on any atom is -0.382 e. The van der Waals surface area contributed by atoms with Crippen molar-refractivity contribution in [2.24, 2.45) is 29.1 Å². The molecule has 0 N–H and O–H groups in total. The Morgan fingerprint density at radius 1 is 0.433 bits per heavy atom. The van der Waals surface area contributed by atoms with Gasteiger partial charge in [0.15, 0.2) is 18.2 Å². The van der Waals surface area contributed by atoms with Crippen molar-refractivity contribution >= 4 is 0 Å². The summed E-state index contributed by atoms with van der Waals surface area (Å²) in [5, 5.41) is 0. The maximum absolute atomic E-state index is 6.86. The second-order valence-electron chi connectivity index (χ2n) is 17.7. The standard InChI is InChI=1S/C47H88O20/c1-39-7-8-42-40(2)43(64-44-47(42)41(39)9-10-45(3,65-44)66-67-47)63-38-46(35-60-32-29-57-26-23-54-20-17-51-14-11-48-4,36-61-33-30-58-27-24-55-21-18-52-15-12-49-5)37-62-34-31-59-28-25-56-22-19-53-16-13-50-6/h39-44H,7-38H2,1-6H3. The van der Waals surface area contributed by atoms with E-state index in [9.17, 15) is 0 Å². The Balaban J connectivity index is 1.34. The van der Waals surface area contributed by atoms with E-state index in [4.69, 9.17) is 95.0 Å². The van der Waals surface area contributed by atoms with Crippen molar-refractivity contribution in [2.45, 2.75) is 70.4 Å². The molecule has 8 unspecified atom stereocenters. The summed E-state index contributed by atoms with van der Waals surface area (Å²) in [5.41, 5.74) is -1.45. The molecule has 0 aromatic rings. The van der Waals surface area contributed by atoms with Crippen LogP contribution in [0.4, 0.5) is 0 Å². The fourth-order valence-electron chi connectivity index (χ4n) is 8.84. The molecule has 0 radical (unpaired) electrons. The predicted octanol–water partition coefficient (Wildman–Crippen LogP) is 3.34. The van der Waals surface area contributed by atoms with Gasteiger partial charge in [-0.25, -0.2) is 9.78 Å². The van der Waals surface area contributed by atoms with E-state index in [1.54, 1.807) is 21.3 Å². The molecule has 396 valence electrons. The highest BCUT2D eigenvalue weighted by Gasteiger charge is 2.69. The van der Waals surface area contributed by atoms with E-state index >= 15 is 0 Å². The highest BCUT2D eigenvalue weighted by Crippen LogP contribution is 2.60. The molecular formula is C47H88O20. The smallest absolute Gasteiger partial charge is 0.201 e. The van der Waals surface area contributed by atoms with Gasteiger partial charge in [0.1, 0.15) is 0 Å². The van der Waals surface area contributed by atoms with E-state index in [-0.39, 0.29) is 44.2 Å². The largest absolute Gasteiger partial charge is 0.382 e. The highest BCUT2D eigenvalue weighted by molar-refractivity contribution is 5.09. The van der Waals surface area contributed by atoms with Crippen molar-refractivity contribution in [3.8, 4) is 0 Å². The van der Waals surface area contributed by atoms with Crippen LogP contribution < -0.4 is 0 Å². The first-order valence-corrected chi connectivity index (χ1v) is 24.5. The van der Waals surface area contributed by atoms with Crippen molar-refractivity contribution in [3.63, 3.8) is 0 Å². The Hall–Kier alpha value is -0.800. The molecule has 4 saturated heterocycles. The third-order valence-corrected chi connectivity index (χ3v) is 12.5. The van der Waals surface area contributed by atoms with Crippen LogP contribution in [-0.4, -0.2) is 230 Å². The molecular weight excluding hydrogens is 884 g/mol. The Bertz CT molecular complexity index is 1120. The second kappa shape index (κ2) is 35.3. The molecule has 4 heterocycles. The van der Waals surface area contributed by atoms with Crippen molar-refractivity contribution in [1.29, 1.82) is 0 Å². The number of ether oxygens (including phenoxy) is 18. The van der Waals surface area contributed by atoms with Crippen LogP contribution in [0.2, 0.25) is 0 Å². The molecule has 0 aromatic heterocycles. The van der Waals surface area contributed by atoms with Gasteiger partial charge in [0, 0.05) is 39.6 Å². The summed E-state index contributed by atoms with van der Waals surface area (Å²) in [4.78, 5) is 12.4. The zero-order chi connectivity index (χ0) is 47.7. The molecule has 8 atom stereocenters. The van der Waals surface area contributed by atoms with Gasteiger partial charge >= 0.3 is 0 Å². The minimum atomic E-state index is -0.895. The average molecular weight is 973 g/mol. The van der Waals surface area contributed by atoms with Gasteiger partial charge in [-0.05, 0) is 38.0 Å². The molecule has 4 aliphatic heterocycles. The summed E-state index contributed by atoms with van der Waals surface area (Å²) >= 11 is 0. The van der Waals surface area contributed by atoms with E-state index in [2.05, 4.69) is 13.8 Å². The van der Waals surface area contributed by atoms with Gasteiger partial charge in [-0.1, -0.05) is 13.8 Å². The number of rotatable bonds is 45. The molecule has 20 nitrogen and oxygen atoms in total. The zero-order valence-corrected chi connectivity index (χ0v) is 41.8. The van der Waals surface area contributed by atoms with Crippen LogP contribution in [0.5, 0.6) is 0 Å². The molecule has 20 heteroatoms. The molecule has 0 aromatic carbocycles. The maximum Gasteiger partial charge on any atom is 0.201 e. The fourth-order valence-corrected chi connectivity index (χ4v) is 8.84. The van der Waals surface area contributed by atoms with Crippen LogP contribution in [0, 0.1) is 29.1 Å². The van der Waals surface area contributed by atoms with Gasteiger partial charge in [-0.2, -0.15) is 0 Å². The van der Waals surface area contributed by atoms with Crippen LogP contribution in [-0.2, 0) is 95.0 Å². The van der Waals surface area contributed by atoms with Crippen LogP contribution in [0.15, 0.2) is 0 Å². The first-order chi connectivity index (χ1) is 32.8. The molecule has 5 rings (SSSR count).